The van der Waals surface area contributed by atoms with E-state index in [-0.39, 0.29) is 11.6 Å². The fourth-order valence-corrected chi connectivity index (χ4v) is 3.90. The lowest BCUT2D eigenvalue weighted by Crippen LogP contribution is -2.21. The van der Waals surface area contributed by atoms with Crippen LogP contribution >= 0.6 is 11.3 Å². The van der Waals surface area contributed by atoms with Crippen molar-refractivity contribution in [1.82, 2.24) is 4.98 Å². The van der Waals surface area contributed by atoms with E-state index in [4.69, 9.17) is 0 Å². The highest BCUT2D eigenvalue weighted by Crippen LogP contribution is 2.32. The molecule has 31 heavy (non-hydrogen) atoms. The van der Waals surface area contributed by atoms with Crippen molar-refractivity contribution < 1.29 is 9.72 Å². The molecule has 1 aliphatic rings. The fourth-order valence-electron chi connectivity index (χ4n) is 3.12. The summed E-state index contributed by atoms with van der Waals surface area (Å²) in [6.45, 7) is 1.78. The molecule has 0 N–H and O–H groups in total. The van der Waals surface area contributed by atoms with Crippen molar-refractivity contribution in [1.29, 1.82) is 0 Å². The maximum atomic E-state index is 13.0. The van der Waals surface area contributed by atoms with Gasteiger partial charge in [0.15, 0.2) is 0 Å². The van der Waals surface area contributed by atoms with Gasteiger partial charge in [-0.3, -0.25) is 14.9 Å². The minimum atomic E-state index is -0.448. The Bertz CT molecular complexity index is 1230. The van der Waals surface area contributed by atoms with Gasteiger partial charge in [-0.2, -0.15) is 10.1 Å². The van der Waals surface area contributed by atoms with Gasteiger partial charge >= 0.3 is 0 Å². The molecule has 0 bridgehead atoms. The second-order valence-corrected chi connectivity index (χ2v) is 8.01. The topological polar surface area (TPSA) is 91.9 Å². The summed E-state index contributed by atoms with van der Waals surface area (Å²) in [5.74, 6) is -0.255. The third-order valence-corrected chi connectivity index (χ3v) is 5.63. The number of hydrazone groups is 1. The summed E-state index contributed by atoms with van der Waals surface area (Å²) in [6, 6.07) is 14.1. The molecule has 0 unspecified atom stereocenters. The normalized spacial score (nSPS) is 14.8. The first-order chi connectivity index (χ1) is 14.8. The highest BCUT2D eigenvalue weighted by molar-refractivity contribution is 7.14. The van der Waals surface area contributed by atoms with Crippen molar-refractivity contribution in [3.05, 3.63) is 75.2 Å². The van der Waals surface area contributed by atoms with E-state index >= 15 is 0 Å². The molecule has 0 atom stereocenters. The minimum Gasteiger partial charge on any atom is -0.378 e. The molecule has 9 heteroatoms. The van der Waals surface area contributed by atoms with E-state index < -0.39 is 4.92 Å². The number of carbonyl (C=O) groups excluding carboxylic acids is 1. The maximum absolute atomic E-state index is 13.0. The van der Waals surface area contributed by atoms with Gasteiger partial charge < -0.3 is 4.90 Å². The number of thiazole rings is 1. The fraction of sp³-hybridized carbons (Fsp3) is 0.136. The molecule has 156 valence electrons. The van der Waals surface area contributed by atoms with Crippen LogP contribution in [0.4, 0.5) is 16.5 Å². The van der Waals surface area contributed by atoms with Crippen LogP contribution in [-0.4, -0.2) is 35.6 Å². The highest BCUT2D eigenvalue weighted by atomic mass is 32.1. The van der Waals surface area contributed by atoms with Crippen molar-refractivity contribution in [2.45, 2.75) is 6.92 Å². The van der Waals surface area contributed by atoms with E-state index in [0.29, 0.717) is 27.7 Å². The Labute approximate surface area is 182 Å². The van der Waals surface area contributed by atoms with Gasteiger partial charge in [-0.15, -0.1) is 11.3 Å². The van der Waals surface area contributed by atoms with Crippen LogP contribution in [-0.2, 0) is 4.79 Å². The van der Waals surface area contributed by atoms with Crippen molar-refractivity contribution in [2.75, 3.05) is 24.0 Å². The van der Waals surface area contributed by atoms with Crippen molar-refractivity contribution >= 4 is 45.5 Å². The zero-order chi connectivity index (χ0) is 22.1. The molecule has 1 aromatic heterocycles. The monoisotopic (exact) mass is 433 g/mol. The van der Waals surface area contributed by atoms with Crippen LogP contribution in [0.1, 0.15) is 12.5 Å². The quantitative estimate of drug-likeness (QED) is 0.333. The molecule has 1 amide bonds. The lowest BCUT2D eigenvalue weighted by molar-refractivity contribution is -0.384. The lowest BCUT2D eigenvalue weighted by atomic mass is 10.1. The summed E-state index contributed by atoms with van der Waals surface area (Å²) < 4.78 is 0. The zero-order valence-electron chi connectivity index (χ0n) is 17.1. The minimum absolute atomic E-state index is 0.0105. The van der Waals surface area contributed by atoms with Crippen molar-refractivity contribution in [3.8, 4) is 11.3 Å². The number of amides is 1. The number of hydrogen-bond acceptors (Lipinski definition) is 7. The highest BCUT2D eigenvalue weighted by Gasteiger charge is 2.30. The summed E-state index contributed by atoms with van der Waals surface area (Å²) in [4.78, 5) is 30.1. The van der Waals surface area contributed by atoms with Gasteiger partial charge in [0.1, 0.15) is 0 Å². The Morgan fingerprint density at radius 2 is 1.90 bits per heavy atom. The Hall–Kier alpha value is -3.85. The number of hydrogen-bond donors (Lipinski definition) is 0. The van der Waals surface area contributed by atoms with Crippen LogP contribution in [0.3, 0.4) is 0 Å². The summed E-state index contributed by atoms with van der Waals surface area (Å²) in [7, 11) is 3.94. The van der Waals surface area contributed by atoms with Gasteiger partial charge in [-0.1, -0.05) is 24.3 Å². The second kappa shape index (κ2) is 8.11. The van der Waals surface area contributed by atoms with E-state index in [1.54, 1.807) is 24.4 Å². The number of nitro benzene ring substituents is 1. The average Bonchev–Trinajstić information content (AvgIpc) is 3.35. The van der Waals surface area contributed by atoms with Crippen LogP contribution in [0.15, 0.2) is 64.6 Å². The van der Waals surface area contributed by atoms with E-state index in [0.717, 1.165) is 11.3 Å². The second-order valence-electron chi connectivity index (χ2n) is 7.17. The Kier molecular flexibility index (Phi) is 5.35. The first-order valence-electron chi connectivity index (χ1n) is 9.43. The van der Waals surface area contributed by atoms with Crippen molar-refractivity contribution in [2.24, 2.45) is 5.10 Å². The van der Waals surface area contributed by atoms with E-state index in [2.05, 4.69) is 10.1 Å². The molecule has 0 fully saturated rings. The average molecular weight is 433 g/mol. The van der Waals surface area contributed by atoms with Crippen LogP contribution in [0.2, 0.25) is 0 Å². The van der Waals surface area contributed by atoms with Gasteiger partial charge in [0.05, 0.1) is 21.9 Å². The molecule has 1 aliphatic heterocycles. The molecule has 0 saturated heterocycles. The predicted octanol–water partition coefficient (Wildman–Crippen LogP) is 4.59. The third-order valence-electron chi connectivity index (χ3n) is 4.81. The van der Waals surface area contributed by atoms with Crippen LogP contribution < -0.4 is 9.91 Å². The molecule has 8 nitrogen and oxygen atoms in total. The molecule has 2 heterocycles. The number of nitrogens with zero attached hydrogens (tertiary/aromatic N) is 5. The number of rotatable bonds is 5. The third kappa shape index (κ3) is 4.08. The van der Waals surface area contributed by atoms with Gasteiger partial charge in [-0.05, 0) is 30.7 Å². The standard InChI is InChI=1S/C22H19N5O3S/c1-14-19(11-15-7-9-17(10-8-15)25(2)3)21(28)26(24-14)22-23-20(13-31-22)16-5-4-6-18(12-16)27(29)30/h4-13H,1-3H3. The van der Waals surface area contributed by atoms with Crippen LogP contribution in [0.5, 0.6) is 0 Å². The summed E-state index contributed by atoms with van der Waals surface area (Å²) in [5.41, 5.74) is 4.24. The number of nitro groups is 1. The Morgan fingerprint density at radius 3 is 2.58 bits per heavy atom. The number of anilines is 2. The van der Waals surface area contributed by atoms with Gasteiger partial charge in [-0.25, -0.2) is 4.98 Å². The molecule has 0 saturated carbocycles. The Morgan fingerprint density at radius 1 is 1.16 bits per heavy atom. The molecule has 4 rings (SSSR count). The smallest absolute Gasteiger partial charge is 0.282 e. The maximum Gasteiger partial charge on any atom is 0.282 e. The molecule has 2 aromatic carbocycles. The summed E-state index contributed by atoms with van der Waals surface area (Å²) >= 11 is 1.26. The van der Waals surface area contributed by atoms with E-state index in [9.17, 15) is 14.9 Å². The zero-order valence-corrected chi connectivity index (χ0v) is 18.0. The molecular weight excluding hydrogens is 414 g/mol. The predicted molar refractivity (Wildman–Crippen MR) is 124 cm³/mol. The van der Waals surface area contributed by atoms with Crippen LogP contribution in [0.25, 0.3) is 17.3 Å². The Balaban J connectivity index is 1.59. The van der Waals surface area contributed by atoms with Gasteiger partial charge in [0.25, 0.3) is 11.6 Å². The SMILES string of the molecule is CC1=NN(c2nc(-c3cccc([N+](=O)[O-])c3)cs2)C(=O)C1=Cc1ccc(N(C)C)cc1. The molecule has 0 spiro atoms. The molecule has 0 aliphatic carbocycles. The number of carbonyl (C=O) groups is 1. The van der Waals surface area contributed by atoms with Crippen molar-refractivity contribution in [3.63, 3.8) is 0 Å². The van der Waals surface area contributed by atoms with Crippen LogP contribution in [0, 0.1) is 10.1 Å². The molecular formula is C22H19N5O3S. The number of non-ortho nitro benzene ring substituents is 1. The lowest BCUT2D eigenvalue weighted by Gasteiger charge is -2.12. The van der Waals surface area contributed by atoms with Gasteiger partial charge in [0, 0.05) is 42.9 Å². The van der Waals surface area contributed by atoms with E-state index in [1.807, 2.05) is 49.3 Å². The molecule has 3 aromatic rings. The summed E-state index contributed by atoms with van der Waals surface area (Å²) in [6.07, 6.45) is 1.82. The number of aromatic nitrogens is 1. The van der Waals surface area contributed by atoms with Gasteiger partial charge in [0.2, 0.25) is 5.13 Å². The largest absolute Gasteiger partial charge is 0.378 e. The summed E-state index contributed by atoms with van der Waals surface area (Å²) in [5, 5.41) is 18.9. The molecule has 0 radical (unpaired) electrons. The van der Waals surface area contributed by atoms with E-state index in [1.165, 1.54) is 28.5 Å². The first kappa shape index (κ1) is 20.4. The first-order valence-corrected chi connectivity index (χ1v) is 10.3. The number of benzene rings is 2.